The van der Waals surface area contributed by atoms with Crippen LogP contribution in [-0.4, -0.2) is 29.5 Å². The standard InChI is InChI=1S/C19H22N4OS/c1-19(12-20,13-8-9-13)22-17(24)11-23-10-4-6-15(23)18-21-14-5-2-3-7-16(14)25-18/h2-3,5,7,13,15H,4,6,8-11H2,1H3,(H,22,24)/p+1/t15-,19+/m1/s1. The predicted molar refractivity (Wildman–Crippen MR) is 97.2 cm³/mol. The normalized spacial score (nSPS) is 25.4. The van der Waals surface area contributed by atoms with E-state index < -0.39 is 5.54 Å². The quantitative estimate of drug-likeness (QED) is 0.860. The Morgan fingerprint density at radius 3 is 2.96 bits per heavy atom. The molecule has 2 aliphatic rings. The summed E-state index contributed by atoms with van der Waals surface area (Å²) in [4.78, 5) is 18.6. The first kappa shape index (κ1) is 16.5. The van der Waals surface area contributed by atoms with Crippen molar-refractivity contribution in [2.24, 2.45) is 5.92 Å². The first-order valence-electron chi connectivity index (χ1n) is 9.01. The van der Waals surface area contributed by atoms with Gasteiger partial charge in [0.25, 0.3) is 5.91 Å². The van der Waals surface area contributed by atoms with Crippen molar-refractivity contribution in [3.8, 4) is 6.07 Å². The van der Waals surface area contributed by atoms with Gasteiger partial charge in [-0.3, -0.25) is 4.79 Å². The molecular weight excluding hydrogens is 332 g/mol. The molecule has 1 aliphatic carbocycles. The number of likely N-dealkylation sites (tertiary alicyclic amines) is 1. The molecule has 0 bridgehead atoms. The van der Waals surface area contributed by atoms with E-state index in [0.29, 0.717) is 12.5 Å². The molecule has 6 heteroatoms. The van der Waals surface area contributed by atoms with Gasteiger partial charge in [0.05, 0.1) is 22.8 Å². The lowest BCUT2D eigenvalue weighted by Crippen LogP contribution is -3.11. The molecule has 5 nitrogen and oxygen atoms in total. The van der Waals surface area contributed by atoms with Crippen LogP contribution in [0, 0.1) is 17.2 Å². The Bertz CT molecular complexity index is 804. The first-order chi connectivity index (χ1) is 12.1. The lowest BCUT2D eigenvalue weighted by Gasteiger charge is -2.25. The third-order valence-electron chi connectivity index (χ3n) is 5.50. The highest BCUT2D eigenvalue weighted by molar-refractivity contribution is 7.18. The lowest BCUT2D eigenvalue weighted by atomic mass is 9.98. The minimum atomic E-state index is -0.707. The number of amides is 1. The molecule has 2 aromatic rings. The van der Waals surface area contributed by atoms with Crippen LogP contribution in [0.2, 0.25) is 0 Å². The Balaban J connectivity index is 1.46. The van der Waals surface area contributed by atoms with E-state index in [0.717, 1.165) is 42.8 Å². The van der Waals surface area contributed by atoms with Gasteiger partial charge < -0.3 is 10.2 Å². The van der Waals surface area contributed by atoms with Crippen molar-refractivity contribution in [2.45, 2.75) is 44.2 Å². The number of nitrogens with zero attached hydrogens (tertiary/aromatic N) is 2. The van der Waals surface area contributed by atoms with E-state index in [2.05, 4.69) is 17.5 Å². The van der Waals surface area contributed by atoms with Crippen molar-refractivity contribution in [3.63, 3.8) is 0 Å². The van der Waals surface area contributed by atoms with Crippen LogP contribution in [0.3, 0.4) is 0 Å². The summed E-state index contributed by atoms with van der Waals surface area (Å²) < 4.78 is 1.21. The number of thiazole rings is 1. The van der Waals surface area contributed by atoms with Gasteiger partial charge in [-0.2, -0.15) is 5.26 Å². The van der Waals surface area contributed by atoms with Gasteiger partial charge in [-0.1, -0.05) is 12.1 Å². The Kier molecular flexibility index (Phi) is 4.22. The maximum Gasteiger partial charge on any atom is 0.276 e. The molecule has 4 rings (SSSR count). The van der Waals surface area contributed by atoms with Crippen molar-refractivity contribution in [2.75, 3.05) is 13.1 Å². The maximum atomic E-state index is 12.6. The summed E-state index contributed by atoms with van der Waals surface area (Å²) in [5.41, 5.74) is 0.339. The van der Waals surface area contributed by atoms with Crippen molar-refractivity contribution < 1.29 is 9.69 Å². The summed E-state index contributed by atoms with van der Waals surface area (Å²) in [6, 6.07) is 10.8. The average Bonchev–Trinajstić information content (AvgIpc) is 3.23. The van der Waals surface area contributed by atoms with Gasteiger partial charge in [0.1, 0.15) is 11.6 Å². The van der Waals surface area contributed by atoms with Gasteiger partial charge in [0.2, 0.25) is 0 Å². The Morgan fingerprint density at radius 2 is 2.24 bits per heavy atom. The fourth-order valence-corrected chi connectivity index (χ4v) is 5.04. The fourth-order valence-electron chi connectivity index (χ4n) is 3.88. The van der Waals surface area contributed by atoms with Crippen molar-refractivity contribution >= 4 is 27.5 Å². The van der Waals surface area contributed by atoms with Crippen LogP contribution in [-0.2, 0) is 4.79 Å². The van der Waals surface area contributed by atoms with E-state index in [1.165, 1.54) is 9.60 Å². The van der Waals surface area contributed by atoms with Gasteiger partial charge in [0, 0.05) is 12.8 Å². The van der Waals surface area contributed by atoms with Crippen LogP contribution < -0.4 is 10.2 Å². The summed E-state index contributed by atoms with van der Waals surface area (Å²) in [6.45, 7) is 3.26. The number of quaternary nitrogens is 1. The van der Waals surface area contributed by atoms with Crippen LogP contribution in [0.15, 0.2) is 24.3 Å². The van der Waals surface area contributed by atoms with Gasteiger partial charge in [-0.25, -0.2) is 4.98 Å². The second-order valence-corrected chi connectivity index (χ2v) is 8.50. The van der Waals surface area contributed by atoms with Gasteiger partial charge in [-0.15, -0.1) is 11.3 Å². The molecule has 1 amide bonds. The van der Waals surface area contributed by atoms with E-state index in [9.17, 15) is 10.1 Å². The predicted octanol–water partition coefficient (Wildman–Crippen LogP) is 1.82. The second kappa shape index (κ2) is 6.40. The molecule has 2 fully saturated rings. The molecule has 3 atom stereocenters. The van der Waals surface area contributed by atoms with Crippen LogP contribution >= 0.6 is 11.3 Å². The second-order valence-electron chi connectivity index (χ2n) is 7.44. The minimum Gasteiger partial charge on any atom is -0.333 e. The average molecular weight is 355 g/mol. The SMILES string of the molecule is C[C@@](C#N)(NC(=O)C[NH+]1CCC[C@@H]1c1nc2ccccc2s1)C1CC1. The molecule has 1 saturated carbocycles. The largest absolute Gasteiger partial charge is 0.333 e. The van der Waals surface area contributed by atoms with E-state index >= 15 is 0 Å². The summed E-state index contributed by atoms with van der Waals surface area (Å²) in [7, 11) is 0. The Hall–Kier alpha value is -1.97. The number of hydrogen-bond acceptors (Lipinski definition) is 4. The molecule has 1 aromatic heterocycles. The fraction of sp³-hybridized carbons (Fsp3) is 0.526. The highest BCUT2D eigenvalue weighted by atomic mass is 32.1. The molecule has 2 N–H and O–H groups in total. The van der Waals surface area contributed by atoms with Crippen LogP contribution in [0.4, 0.5) is 0 Å². The number of benzene rings is 1. The number of hydrogen-bond donors (Lipinski definition) is 2. The van der Waals surface area contributed by atoms with Gasteiger partial charge in [0.15, 0.2) is 11.6 Å². The van der Waals surface area contributed by atoms with Crippen LogP contribution in [0.25, 0.3) is 10.2 Å². The Morgan fingerprint density at radius 1 is 1.44 bits per heavy atom. The zero-order valence-electron chi connectivity index (χ0n) is 14.4. The maximum absolute atomic E-state index is 12.6. The number of carbonyl (C=O) groups excluding carboxylic acids is 1. The number of rotatable bonds is 5. The third-order valence-corrected chi connectivity index (χ3v) is 6.65. The number of aromatic nitrogens is 1. The smallest absolute Gasteiger partial charge is 0.276 e. The van der Waals surface area contributed by atoms with E-state index in [-0.39, 0.29) is 11.9 Å². The van der Waals surface area contributed by atoms with Crippen LogP contribution in [0.1, 0.15) is 43.7 Å². The van der Waals surface area contributed by atoms with Gasteiger partial charge in [-0.05, 0) is 37.8 Å². The van der Waals surface area contributed by atoms with E-state index in [4.69, 9.17) is 4.98 Å². The van der Waals surface area contributed by atoms with Gasteiger partial charge >= 0.3 is 0 Å². The highest BCUT2D eigenvalue weighted by Crippen LogP contribution is 2.39. The van der Waals surface area contributed by atoms with E-state index in [1.54, 1.807) is 11.3 Å². The molecule has 1 saturated heterocycles. The highest BCUT2D eigenvalue weighted by Gasteiger charge is 2.44. The van der Waals surface area contributed by atoms with E-state index in [1.807, 2.05) is 25.1 Å². The summed E-state index contributed by atoms with van der Waals surface area (Å²) in [5.74, 6) is 0.300. The number of carbonyl (C=O) groups is 1. The molecule has 0 spiro atoms. The molecule has 1 aliphatic heterocycles. The zero-order valence-corrected chi connectivity index (χ0v) is 15.2. The van der Waals surface area contributed by atoms with Crippen molar-refractivity contribution in [1.29, 1.82) is 5.26 Å². The molecule has 25 heavy (non-hydrogen) atoms. The molecule has 130 valence electrons. The summed E-state index contributed by atoms with van der Waals surface area (Å²) in [6.07, 6.45) is 4.26. The number of nitrogens with one attached hydrogen (secondary N) is 2. The summed E-state index contributed by atoms with van der Waals surface area (Å²) in [5, 5.41) is 13.6. The molecule has 2 heterocycles. The van der Waals surface area contributed by atoms with Crippen LogP contribution in [0.5, 0.6) is 0 Å². The molecule has 0 radical (unpaired) electrons. The lowest BCUT2D eigenvalue weighted by molar-refractivity contribution is -0.910. The topological polar surface area (TPSA) is 70.2 Å². The minimum absolute atomic E-state index is 0.0149. The zero-order chi connectivity index (χ0) is 17.4. The number of fused-ring (bicyclic) bond motifs is 1. The molecular formula is C19H23N4OS+. The molecule has 1 aromatic carbocycles. The Labute approximate surface area is 151 Å². The first-order valence-corrected chi connectivity index (χ1v) is 9.83. The molecule has 1 unspecified atom stereocenters. The monoisotopic (exact) mass is 355 g/mol. The number of para-hydroxylation sites is 1. The van der Waals surface area contributed by atoms with Crippen molar-refractivity contribution in [3.05, 3.63) is 29.3 Å². The number of nitriles is 1. The third kappa shape index (κ3) is 3.26. The summed E-state index contributed by atoms with van der Waals surface area (Å²) >= 11 is 1.74. The van der Waals surface area contributed by atoms with Crippen molar-refractivity contribution in [1.82, 2.24) is 10.3 Å².